The Labute approximate surface area is 176 Å². The summed E-state index contributed by atoms with van der Waals surface area (Å²) in [5.41, 5.74) is -0.477. The number of halogens is 1. The van der Waals surface area contributed by atoms with Crippen molar-refractivity contribution in [3.8, 4) is 0 Å². The van der Waals surface area contributed by atoms with Gasteiger partial charge in [0.05, 0.1) is 23.3 Å². The Morgan fingerprint density at radius 3 is 2.59 bits per heavy atom. The zero-order valence-electron chi connectivity index (χ0n) is 16.9. The molecule has 4 bridgehead atoms. The Kier molecular flexibility index (Phi) is 4.68. The van der Waals surface area contributed by atoms with Crippen LogP contribution in [0.15, 0.2) is 11.0 Å². The molecule has 5 fully saturated rings. The second-order valence-electron chi connectivity index (χ2n) is 10.1. The first-order chi connectivity index (χ1) is 13.9. The quantitative estimate of drug-likeness (QED) is 0.766. The summed E-state index contributed by atoms with van der Waals surface area (Å²) in [6.07, 6.45) is 10.9. The number of nitrogens with one attached hydrogen (secondary N) is 1. The fraction of sp³-hybridized carbons (Fsp3) is 0.773. The van der Waals surface area contributed by atoms with Crippen LogP contribution in [-0.4, -0.2) is 26.9 Å². The molecule has 6 rings (SSSR count). The number of aromatic nitrogens is 2. The van der Waals surface area contributed by atoms with Crippen molar-refractivity contribution in [2.24, 2.45) is 29.6 Å². The summed E-state index contributed by atoms with van der Waals surface area (Å²) in [5.74, 6) is 0.326. The van der Waals surface area contributed by atoms with Crippen molar-refractivity contribution in [1.82, 2.24) is 9.78 Å². The van der Waals surface area contributed by atoms with Gasteiger partial charge in [-0.3, -0.25) is 9.59 Å². The summed E-state index contributed by atoms with van der Waals surface area (Å²) in [6.45, 7) is 2.23. The van der Waals surface area contributed by atoms with Gasteiger partial charge in [0.25, 0.3) is 5.56 Å². The third-order valence-corrected chi connectivity index (χ3v) is 8.70. The van der Waals surface area contributed by atoms with Crippen molar-refractivity contribution in [3.63, 3.8) is 0 Å². The van der Waals surface area contributed by atoms with Crippen molar-refractivity contribution >= 4 is 23.3 Å². The van der Waals surface area contributed by atoms with E-state index >= 15 is 0 Å². The highest BCUT2D eigenvalue weighted by Gasteiger charge is 2.61. The van der Waals surface area contributed by atoms with E-state index < -0.39 is 17.4 Å². The third-order valence-electron chi connectivity index (χ3n) is 8.33. The number of aliphatic carboxylic acids is 1. The minimum Gasteiger partial charge on any atom is -0.481 e. The van der Waals surface area contributed by atoms with Crippen molar-refractivity contribution < 1.29 is 9.90 Å². The third kappa shape index (κ3) is 3.01. The summed E-state index contributed by atoms with van der Waals surface area (Å²) < 4.78 is 1.47. The average Bonchev–Trinajstić information content (AvgIpc) is 2.66. The van der Waals surface area contributed by atoms with Gasteiger partial charge in [-0.2, -0.15) is 5.10 Å². The van der Waals surface area contributed by atoms with E-state index in [4.69, 9.17) is 11.6 Å². The van der Waals surface area contributed by atoms with Gasteiger partial charge in [-0.1, -0.05) is 31.4 Å². The Hall–Kier alpha value is -1.56. The number of hydrogen-bond acceptors (Lipinski definition) is 4. The standard InChI is InChI=1S/C22H30ClN3O3/c1-12-4-2-3-5-16(12)25-17-11-24-26(20(27)19(17)23)22-9-13-6-14(10-22)8-15(7-13)18(22)21(28)29/h11-16,18,25H,2-10H2,1H3,(H,28,29)/t12-,13+,14+,15?,16-,18+,22?/m1/s1. The average molecular weight is 420 g/mol. The molecular weight excluding hydrogens is 390 g/mol. The van der Waals surface area contributed by atoms with Crippen LogP contribution in [0.25, 0.3) is 0 Å². The maximum atomic E-state index is 13.3. The maximum absolute atomic E-state index is 13.3. The van der Waals surface area contributed by atoms with Gasteiger partial charge in [0.15, 0.2) is 0 Å². The Balaban J connectivity index is 1.52. The van der Waals surface area contributed by atoms with Crippen LogP contribution in [0.4, 0.5) is 5.69 Å². The smallest absolute Gasteiger partial charge is 0.309 e. The topological polar surface area (TPSA) is 84.2 Å². The first-order valence-corrected chi connectivity index (χ1v) is 11.5. The fourth-order valence-corrected chi connectivity index (χ4v) is 7.50. The van der Waals surface area contributed by atoms with E-state index in [9.17, 15) is 14.7 Å². The van der Waals surface area contributed by atoms with E-state index in [1.807, 2.05) is 0 Å². The molecule has 5 atom stereocenters. The largest absolute Gasteiger partial charge is 0.481 e. The van der Waals surface area contributed by atoms with Gasteiger partial charge in [0.1, 0.15) is 5.02 Å². The molecular formula is C22H30ClN3O3. The SMILES string of the molecule is C[C@@H]1CCCC[C@H]1Nc1cnn(C23C[C@@H]4CC(C[C@H](C4)C2)[C@H]3C(=O)O)c(=O)c1Cl. The number of carboxylic acids is 1. The zero-order valence-corrected chi connectivity index (χ0v) is 17.7. The first kappa shape index (κ1) is 19.4. The van der Waals surface area contributed by atoms with Gasteiger partial charge < -0.3 is 10.4 Å². The molecule has 0 radical (unpaired) electrons. The highest BCUT2D eigenvalue weighted by Crippen LogP contribution is 2.61. The number of carbonyl (C=O) groups is 1. The number of nitrogens with zero attached hydrogens (tertiary/aromatic N) is 2. The lowest BCUT2D eigenvalue weighted by molar-refractivity contribution is -0.168. The predicted octanol–water partition coefficient (Wildman–Crippen LogP) is 4.12. The van der Waals surface area contributed by atoms with Gasteiger partial charge in [0.2, 0.25) is 0 Å². The molecule has 5 aliphatic carbocycles. The molecule has 0 spiro atoms. The lowest BCUT2D eigenvalue weighted by Gasteiger charge is -2.59. The lowest BCUT2D eigenvalue weighted by atomic mass is 9.48. The number of hydrogen-bond donors (Lipinski definition) is 2. The van der Waals surface area contributed by atoms with Gasteiger partial charge in [-0.15, -0.1) is 0 Å². The molecule has 5 saturated carbocycles. The van der Waals surface area contributed by atoms with Gasteiger partial charge in [-0.05, 0) is 68.6 Å². The van der Waals surface area contributed by atoms with Gasteiger partial charge in [-0.25, -0.2) is 4.68 Å². The van der Waals surface area contributed by atoms with Crippen LogP contribution >= 0.6 is 11.6 Å². The van der Waals surface area contributed by atoms with Crippen LogP contribution in [0, 0.1) is 29.6 Å². The molecule has 1 aromatic rings. The first-order valence-electron chi connectivity index (χ1n) is 11.2. The van der Waals surface area contributed by atoms with Crippen molar-refractivity contribution in [3.05, 3.63) is 21.6 Å². The van der Waals surface area contributed by atoms with Crippen molar-refractivity contribution in [1.29, 1.82) is 0 Å². The van der Waals surface area contributed by atoms with E-state index in [2.05, 4.69) is 17.3 Å². The summed E-state index contributed by atoms with van der Waals surface area (Å²) >= 11 is 6.55. The van der Waals surface area contributed by atoms with Gasteiger partial charge in [0, 0.05) is 6.04 Å². The van der Waals surface area contributed by atoms with E-state index in [0.29, 0.717) is 29.5 Å². The van der Waals surface area contributed by atoms with Crippen LogP contribution in [0.1, 0.15) is 64.7 Å². The normalized spacial score (nSPS) is 40.8. The molecule has 5 aliphatic rings. The lowest BCUT2D eigenvalue weighted by Crippen LogP contribution is -2.63. The molecule has 0 saturated heterocycles. The second-order valence-corrected chi connectivity index (χ2v) is 10.5. The predicted molar refractivity (Wildman–Crippen MR) is 111 cm³/mol. The summed E-state index contributed by atoms with van der Waals surface area (Å²) in [5, 5.41) is 18.2. The minimum atomic E-state index is -0.795. The number of carboxylic acid groups (broad SMARTS) is 1. The van der Waals surface area contributed by atoms with Crippen LogP contribution < -0.4 is 10.9 Å². The van der Waals surface area contributed by atoms with Crippen LogP contribution in [-0.2, 0) is 10.3 Å². The maximum Gasteiger partial charge on any atom is 0.309 e. The summed E-state index contributed by atoms with van der Waals surface area (Å²) in [7, 11) is 0. The van der Waals surface area contributed by atoms with E-state index in [-0.39, 0.29) is 16.5 Å². The monoisotopic (exact) mass is 419 g/mol. The minimum absolute atomic E-state index is 0.145. The molecule has 6 nitrogen and oxygen atoms in total. The van der Waals surface area contributed by atoms with E-state index in [1.165, 1.54) is 23.9 Å². The van der Waals surface area contributed by atoms with E-state index in [0.717, 1.165) is 38.5 Å². The molecule has 1 aromatic heterocycles. The number of rotatable bonds is 4. The highest BCUT2D eigenvalue weighted by atomic mass is 35.5. The molecule has 0 aliphatic heterocycles. The molecule has 29 heavy (non-hydrogen) atoms. The van der Waals surface area contributed by atoms with Crippen LogP contribution in [0.2, 0.25) is 5.02 Å². The highest BCUT2D eigenvalue weighted by molar-refractivity contribution is 6.32. The van der Waals surface area contributed by atoms with Crippen LogP contribution in [0.5, 0.6) is 0 Å². The van der Waals surface area contributed by atoms with Crippen LogP contribution in [0.3, 0.4) is 0 Å². The van der Waals surface area contributed by atoms with Crippen molar-refractivity contribution in [2.45, 2.75) is 76.3 Å². The molecule has 0 unspecified atom stereocenters. The molecule has 1 heterocycles. The van der Waals surface area contributed by atoms with E-state index in [1.54, 1.807) is 6.20 Å². The number of anilines is 1. The molecule has 0 amide bonds. The second kappa shape index (κ2) is 7.00. The molecule has 7 heteroatoms. The zero-order chi connectivity index (χ0) is 20.3. The summed E-state index contributed by atoms with van der Waals surface area (Å²) in [6, 6.07) is 0.296. The van der Waals surface area contributed by atoms with Crippen molar-refractivity contribution in [2.75, 3.05) is 5.32 Å². The molecule has 0 aromatic carbocycles. The fourth-order valence-electron chi connectivity index (χ4n) is 7.31. The Morgan fingerprint density at radius 1 is 1.24 bits per heavy atom. The summed E-state index contributed by atoms with van der Waals surface area (Å²) in [4.78, 5) is 25.6. The van der Waals surface area contributed by atoms with Gasteiger partial charge >= 0.3 is 5.97 Å². The molecule has 158 valence electrons. The molecule has 2 N–H and O–H groups in total. The Morgan fingerprint density at radius 2 is 1.93 bits per heavy atom. The Bertz CT molecular complexity index is 871.